The number of benzene rings is 2. The number of carbonyl (C=O) groups excluding carboxylic acids is 2. The Balaban J connectivity index is 2.18. The number of hydrogen-bond donors (Lipinski definition) is 0. The molecule has 0 fully saturated rings. The second-order valence-corrected chi connectivity index (χ2v) is 5.83. The molecule has 0 spiro atoms. The monoisotopic (exact) mass is 346 g/mol. The van der Waals surface area contributed by atoms with E-state index in [9.17, 15) is 9.59 Å². The van der Waals surface area contributed by atoms with E-state index >= 15 is 0 Å². The van der Waals surface area contributed by atoms with Crippen molar-refractivity contribution in [3.63, 3.8) is 0 Å². The minimum Gasteiger partial charge on any atom is -0.459 e. The highest BCUT2D eigenvalue weighted by Crippen LogP contribution is 2.20. The Morgan fingerprint density at radius 3 is 2.33 bits per heavy atom. The molecule has 0 aliphatic rings. The molecule has 2 rings (SSSR count). The van der Waals surface area contributed by atoms with E-state index in [4.69, 9.17) is 21.1 Å². The van der Waals surface area contributed by atoms with E-state index < -0.39 is 11.9 Å². The van der Waals surface area contributed by atoms with Gasteiger partial charge in [-0.05, 0) is 43.7 Å². The first-order valence-corrected chi connectivity index (χ1v) is 8.16. The molecule has 0 bridgehead atoms. The Morgan fingerprint density at radius 1 is 1.04 bits per heavy atom. The minimum absolute atomic E-state index is 0.158. The lowest BCUT2D eigenvalue weighted by Gasteiger charge is -2.14. The molecule has 2 aromatic carbocycles. The summed E-state index contributed by atoms with van der Waals surface area (Å²) in [4.78, 5) is 24.7. The molecule has 5 heteroatoms. The van der Waals surface area contributed by atoms with Gasteiger partial charge in [-0.1, -0.05) is 43.1 Å². The van der Waals surface area contributed by atoms with E-state index in [0.29, 0.717) is 10.8 Å². The highest BCUT2D eigenvalue weighted by molar-refractivity contribution is 6.30. The Kier molecular flexibility index (Phi) is 6.38. The van der Waals surface area contributed by atoms with Crippen molar-refractivity contribution in [2.24, 2.45) is 0 Å². The van der Waals surface area contributed by atoms with E-state index in [-0.39, 0.29) is 17.2 Å². The van der Waals surface area contributed by atoms with Crippen LogP contribution in [0, 0.1) is 0 Å². The molecule has 0 aliphatic heterocycles. The first-order valence-electron chi connectivity index (χ1n) is 7.79. The van der Waals surface area contributed by atoms with Crippen molar-refractivity contribution in [2.75, 3.05) is 0 Å². The maximum Gasteiger partial charge on any atom is 0.344 e. The molecule has 0 heterocycles. The van der Waals surface area contributed by atoms with Crippen LogP contribution in [0.3, 0.4) is 0 Å². The minimum atomic E-state index is -0.632. The highest BCUT2D eigenvalue weighted by atomic mass is 35.5. The zero-order valence-electron chi connectivity index (χ0n) is 13.6. The largest absolute Gasteiger partial charge is 0.459 e. The third kappa shape index (κ3) is 4.83. The Hall–Kier alpha value is -2.33. The van der Waals surface area contributed by atoms with Crippen molar-refractivity contribution >= 4 is 23.5 Å². The van der Waals surface area contributed by atoms with Gasteiger partial charge in [-0.2, -0.15) is 0 Å². The zero-order valence-corrected chi connectivity index (χ0v) is 14.4. The van der Waals surface area contributed by atoms with Crippen molar-refractivity contribution in [1.82, 2.24) is 0 Å². The molecule has 1 unspecified atom stereocenters. The summed E-state index contributed by atoms with van der Waals surface area (Å²) in [5.74, 6) is -0.849. The quantitative estimate of drug-likeness (QED) is 0.551. The third-order valence-corrected chi connectivity index (χ3v) is 3.61. The van der Waals surface area contributed by atoms with Gasteiger partial charge in [0.2, 0.25) is 0 Å². The Labute approximate surface area is 146 Å². The SMILES string of the molecule is CCCC(C)OC(=O)c1ccccc1C(=O)Oc1cccc(Cl)c1. The van der Waals surface area contributed by atoms with Gasteiger partial charge in [-0.15, -0.1) is 0 Å². The standard InChI is InChI=1S/C19H19ClO4/c1-3-7-13(2)23-18(21)16-10-4-5-11-17(16)19(22)24-15-9-6-8-14(20)12-15/h4-6,8-13H,3,7H2,1-2H3. The fraction of sp³-hybridized carbons (Fsp3) is 0.263. The summed E-state index contributed by atoms with van der Waals surface area (Å²) in [5, 5.41) is 0.460. The summed E-state index contributed by atoms with van der Waals surface area (Å²) in [7, 11) is 0. The van der Waals surface area contributed by atoms with Gasteiger partial charge in [0.05, 0.1) is 17.2 Å². The number of halogens is 1. The van der Waals surface area contributed by atoms with Crippen LogP contribution in [0.2, 0.25) is 5.02 Å². The fourth-order valence-electron chi connectivity index (χ4n) is 2.24. The second kappa shape index (κ2) is 8.50. The van der Waals surface area contributed by atoms with Crippen molar-refractivity contribution in [3.8, 4) is 5.75 Å². The second-order valence-electron chi connectivity index (χ2n) is 5.40. The van der Waals surface area contributed by atoms with Gasteiger partial charge in [0.15, 0.2) is 0 Å². The summed E-state index contributed by atoms with van der Waals surface area (Å²) in [6, 6.07) is 12.9. The van der Waals surface area contributed by atoms with Crippen molar-refractivity contribution < 1.29 is 19.1 Å². The maximum absolute atomic E-state index is 12.4. The van der Waals surface area contributed by atoms with Crippen LogP contribution >= 0.6 is 11.6 Å². The van der Waals surface area contributed by atoms with Crippen LogP contribution in [0.1, 0.15) is 47.4 Å². The van der Waals surface area contributed by atoms with Crippen molar-refractivity contribution in [3.05, 3.63) is 64.7 Å². The van der Waals surface area contributed by atoms with Gasteiger partial charge >= 0.3 is 11.9 Å². The maximum atomic E-state index is 12.4. The molecule has 2 aromatic rings. The number of hydrogen-bond acceptors (Lipinski definition) is 4. The lowest BCUT2D eigenvalue weighted by Crippen LogP contribution is -2.19. The van der Waals surface area contributed by atoms with E-state index in [1.165, 1.54) is 12.1 Å². The van der Waals surface area contributed by atoms with Gasteiger partial charge in [-0.25, -0.2) is 9.59 Å². The van der Waals surface area contributed by atoms with E-state index in [2.05, 4.69) is 0 Å². The van der Waals surface area contributed by atoms with Crippen LogP contribution < -0.4 is 4.74 Å². The van der Waals surface area contributed by atoms with Crippen molar-refractivity contribution in [1.29, 1.82) is 0 Å². The lowest BCUT2D eigenvalue weighted by atomic mass is 10.1. The molecule has 126 valence electrons. The number of carbonyl (C=O) groups is 2. The summed E-state index contributed by atoms with van der Waals surface area (Å²) < 4.78 is 10.7. The number of rotatable bonds is 6. The molecule has 0 saturated carbocycles. The van der Waals surface area contributed by atoms with Gasteiger partial charge in [0, 0.05) is 5.02 Å². The van der Waals surface area contributed by atoms with Gasteiger partial charge in [-0.3, -0.25) is 0 Å². The summed E-state index contributed by atoms with van der Waals surface area (Å²) in [6.45, 7) is 3.84. The van der Waals surface area contributed by atoms with Crippen LogP contribution in [-0.4, -0.2) is 18.0 Å². The molecule has 0 aromatic heterocycles. The van der Waals surface area contributed by atoms with Gasteiger partial charge in [0.25, 0.3) is 0 Å². The summed E-state index contributed by atoms with van der Waals surface area (Å²) in [6.07, 6.45) is 1.47. The molecule has 4 nitrogen and oxygen atoms in total. The average Bonchev–Trinajstić information content (AvgIpc) is 2.55. The zero-order chi connectivity index (χ0) is 17.5. The predicted molar refractivity (Wildman–Crippen MR) is 92.6 cm³/mol. The van der Waals surface area contributed by atoms with E-state index in [0.717, 1.165) is 12.8 Å². The summed E-state index contributed by atoms with van der Waals surface area (Å²) in [5.41, 5.74) is 0.346. The topological polar surface area (TPSA) is 52.6 Å². The van der Waals surface area contributed by atoms with Crippen LogP contribution in [0.25, 0.3) is 0 Å². The van der Waals surface area contributed by atoms with E-state index in [1.807, 2.05) is 13.8 Å². The smallest absolute Gasteiger partial charge is 0.344 e. The highest BCUT2D eigenvalue weighted by Gasteiger charge is 2.21. The molecular weight excluding hydrogens is 328 g/mol. The van der Waals surface area contributed by atoms with Crippen LogP contribution in [-0.2, 0) is 4.74 Å². The number of esters is 2. The summed E-state index contributed by atoms with van der Waals surface area (Å²) >= 11 is 5.88. The lowest BCUT2D eigenvalue weighted by molar-refractivity contribution is 0.0318. The average molecular weight is 347 g/mol. The van der Waals surface area contributed by atoms with Gasteiger partial charge < -0.3 is 9.47 Å². The van der Waals surface area contributed by atoms with E-state index in [1.54, 1.807) is 36.4 Å². The van der Waals surface area contributed by atoms with Crippen LogP contribution in [0.5, 0.6) is 5.75 Å². The fourth-order valence-corrected chi connectivity index (χ4v) is 2.42. The molecule has 0 saturated heterocycles. The molecule has 0 aliphatic carbocycles. The Morgan fingerprint density at radius 2 is 1.71 bits per heavy atom. The van der Waals surface area contributed by atoms with Crippen LogP contribution in [0.4, 0.5) is 0 Å². The third-order valence-electron chi connectivity index (χ3n) is 3.38. The molecule has 1 atom stereocenters. The molecule has 0 radical (unpaired) electrons. The van der Waals surface area contributed by atoms with Crippen molar-refractivity contribution in [2.45, 2.75) is 32.8 Å². The predicted octanol–water partition coefficient (Wildman–Crippen LogP) is 4.90. The Bertz CT molecular complexity index is 727. The molecular formula is C19H19ClO4. The molecule has 24 heavy (non-hydrogen) atoms. The van der Waals surface area contributed by atoms with Gasteiger partial charge in [0.1, 0.15) is 5.75 Å². The first-order chi connectivity index (χ1) is 11.5. The first kappa shape index (κ1) is 18.0. The number of ether oxygens (including phenoxy) is 2. The normalized spacial score (nSPS) is 11.6. The molecule has 0 amide bonds. The van der Waals surface area contributed by atoms with Crippen LogP contribution in [0.15, 0.2) is 48.5 Å². The molecule has 0 N–H and O–H groups in total.